The molecule has 1 aliphatic carbocycles. The van der Waals surface area contributed by atoms with Crippen LogP contribution in [0.3, 0.4) is 0 Å². The van der Waals surface area contributed by atoms with Gasteiger partial charge in [0.15, 0.2) is 0 Å². The molecular formula is C21H22N2O2. The van der Waals surface area contributed by atoms with Crippen molar-refractivity contribution in [2.45, 2.75) is 38.6 Å². The van der Waals surface area contributed by atoms with Crippen molar-refractivity contribution in [1.29, 1.82) is 0 Å². The molecule has 1 fully saturated rings. The minimum absolute atomic E-state index is 0.0136. The molecule has 0 aromatic heterocycles. The van der Waals surface area contributed by atoms with Gasteiger partial charge in [-0.25, -0.2) is 0 Å². The number of hydrogen-bond donors (Lipinski definition) is 1. The van der Waals surface area contributed by atoms with Crippen LogP contribution in [-0.4, -0.2) is 17.9 Å². The quantitative estimate of drug-likeness (QED) is 0.922. The van der Waals surface area contributed by atoms with Gasteiger partial charge in [0.1, 0.15) is 0 Å². The maximum atomic E-state index is 13.1. The monoisotopic (exact) mass is 334 g/mol. The van der Waals surface area contributed by atoms with Crippen LogP contribution in [0.1, 0.15) is 42.1 Å². The maximum Gasteiger partial charge on any atom is 0.258 e. The van der Waals surface area contributed by atoms with Crippen LogP contribution < -0.4 is 10.2 Å². The molecule has 4 rings (SSSR count). The number of hydrogen-bond acceptors (Lipinski definition) is 2. The van der Waals surface area contributed by atoms with Crippen molar-refractivity contribution in [2.75, 3.05) is 10.2 Å². The predicted octanol–water partition coefficient (Wildman–Crippen LogP) is 4.02. The highest BCUT2D eigenvalue weighted by Crippen LogP contribution is 2.32. The molecule has 4 nitrogen and oxygen atoms in total. The Morgan fingerprint density at radius 2 is 1.72 bits per heavy atom. The molecule has 1 unspecified atom stereocenters. The maximum absolute atomic E-state index is 13.1. The third-order valence-corrected chi connectivity index (χ3v) is 5.09. The summed E-state index contributed by atoms with van der Waals surface area (Å²) in [4.78, 5) is 26.8. The summed E-state index contributed by atoms with van der Waals surface area (Å²) in [7, 11) is 0. The van der Waals surface area contributed by atoms with Crippen LogP contribution in [0.5, 0.6) is 0 Å². The van der Waals surface area contributed by atoms with Crippen molar-refractivity contribution in [2.24, 2.45) is 5.92 Å². The molecule has 1 aliphatic heterocycles. The number of carbonyl (C=O) groups is 2. The van der Waals surface area contributed by atoms with Crippen molar-refractivity contribution in [3.8, 4) is 0 Å². The third-order valence-electron chi connectivity index (χ3n) is 5.09. The number of fused-ring (bicyclic) bond motifs is 1. The number of nitrogens with one attached hydrogen (secondary N) is 1. The second-order valence-electron chi connectivity index (χ2n) is 7.03. The van der Waals surface area contributed by atoms with Crippen LogP contribution in [0.25, 0.3) is 0 Å². The largest absolute Gasteiger partial charge is 0.326 e. The number of rotatable bonds is 3. The van der Waals surface area contributed by atoms with E-state index in [1.54, 1.807) is 12.1 Å². The lowest BCUT2D eigenvalue weighted by Crippen LogP contribution is -2.42. The number of anilines is 2. The topological polar surface area (TPSA) is 49.4 Å². The Hall–Kier alpha value is -2.62. The summed E-state index contributed by atoms with van der Waals surface area (Å²) in [6, 6.07) is 15.5. The lowest BCUT2D eigenvalue weighted by atomic mass is 9.95. The molecule has 1 heterocycles. The minimum atomic E-state index is 0.0136. The summed E-state index contributed by atoms with van der Waals surface area (Å²) < 4.78 is 0. The van der Waals surface area contributed by atoms with E-state index in [0.717, 1.165) is 37.1 Å². The molecule has 1 atom stereocenters. The van der Waals surface area contributed by atoms with Gasteiger partial charge < -0.3 is 10.2 Å². The number of amides is 2. The van der Waals surface area contributed by atoms with E-state index in [1.807, 2.05) is 35.2 Å². The third kappa shape index (κ3) is 3.16. The number of para-hydroxylation sites is 1. The van der Waals surface area contributed by atoms with Gasteiger partial charge in [-0.05, 0) is 68.5 Å². The fraction of sp³-hybridized carbons (Fsp3) is 0.333. The lowest BCUT2D eigenvalue weighted by Gasteiger charge is -2.35. The molecule has 0 bridgehead atoms. The van der Waals surface area contributed by atoms with Gasteiger partial charge in [0.2, 0.25) is 5.91 Å². The minimum Gasteiger partial charge on any atom is -0.326 e. The van der Waals surface area contributed by atoms with E-state index in [1.165, 1.54) is 5.56 Å². The molecular weight excluding hydrogens is 312 g/mol. The summed E-state index contributed by atoms with van der Waals surface area (Å²) in [6.07, 6.45) is 3.94. The van der Waals surface area contributed by atoms with Gasteiger partial charge in [-0.15, -0.1) is 0 Å². The lowest BCUT2D eigenvalue weighted by molar-refractivity contribution is -0.117. The first-order chi connectivity index (χ1) is 12.1. The summed E-state index contributed by atoms with van der Waals surface area (Å²) in [5.41, 5.74) is 3.63. The van der Waals surface area contributed by atoms with E-state index in [4.69, 9.17) is 0 Å². The van der Waals surface area contributed by atoms with E-state index >= 15 is 0 Å². The zero-order chi connectivity index (χ0) is 17.4. The average molecular weight is 334 g/mol. The molecule has 2 aromatic carbocycles. The zero-order valence-corrected chi connectivity index (χ0v) is 14.4. The van der Waals surface area contributed by atoms with Crippen LogP contribution in [0.2, 0.25) is 0 Å². The number of benzene rings is 2. The van der Waals surface area contributed by atoms with Gasteiger partial charge in [0.05, 0.1) is 0 Å². The first-order valence-corrected chi connectivity index (χ1v) is 8.96. The van der Waals surface area contributed by atoms with Crippen molar-refractivity contribution >= 4 is 23.2 Å². The van der Waals surface area contributed by atoms with Crippen molar-refractivity contribution in [1.82, 2.24) is 0 Å². The van der Waals surface area contributed by atoms with Crippen LogP contribution in [0.4, 0.5) is 11.4 Å². The Kier molecular flexibility index (Phi) is 4.04. The Morgan fingerprint density at radius 3 is 2.44 bits per heavy atom. The van der Waals surface area contributed by atoms with Crippen molar-refractivity contribution < 1.29 is 9.59 Å². The summed E-state index contributed by atoms with van der Waals surface area (Å²) >= 11 is 0. The van der Waals surface area contributed by atoms with E-state index < -0.39 is 0 Å². The standard InChI is InChI=1S/C21H22N2O2/c1-14-6-7-15-4-2-3-5-19(15)23(14)21(25)17-10-12-18(13-11-17)22-20(24)16-8-9-16/h2-5,10-14,16H,6-9H2,1H3,(H,22,24). The van der Waals surface area contributed by atoms with Gasteiger partial charge in [0, 0.05) is 28.9 Å². The zero-order valence-electron chi connectivity index (χ0n) is 14.4. The molecule has 0 saturated heterocycles. The molecule has 0 spiro atoms. The molecule has 2 aromatic rings. The van der Waals surface area contributed by atoms with Crippen molar-refractivity contribution in [3.05, 3.63) is 59.7 Å². The summed E-state index contributed by atoms with van der Waals surface area (Å²) in [6.45, 7) is 2.10. The first-order valence-electron chi connectivity index (χ1n) is 8.96. The fourth-order valence-corrected chi connectivity index (χ4v) is 3.42. The average Bonchev–Trinajstić information content (AvgIpc) is 3.47. The van der Waals surface area contributed by atoms with Gasteiger partial charge >= 0.3 is 0 Å². The second-order valence-corrected chi connectivity index (χ2v) is 7.03. The van der Waals surface area contributed by atoms with Crippen LogP contribution in [-0.2, 0) is 11.2 Å². The fourth-order valence-electron chi connectivity index (χ4n) is 3.42. The van der Waals surface area contributed by atoms with Gasteiger partial charge in [0.25, 0.3) is 5.91 Å². The smallest absolute Gasteiger partial charge is 0.258 e. The molecule has 0 radical (unpaired) electrons. The normalized spacial score (nSPS) is 19.2. The van der Waals surface area contributed by atoms with Gasteiger partial charge in [-0.1, -0.05) is 18.2 Å². The Bertz CT molecular complexity index is 809. The van der Waals surface area contributed by atoms with Gasteiger partial charge in [-0.3, -0.25) is 9.59 Å². The first kappa shape index (κ1) is 15.9. The van der Waals surface area contributed by atoms with E-state index in [0.29, 0.717) is 5.56 Å². The predicted molar refractivity (Wildman–Crippen MR) is 98.8 cm³/mol. The highest BCUT2D eigenvalue weighted by molar-refractivity contribution is 6.07. The number of aryl methyl sites for hydroxylation is 1. The molecule has 4 heteroatoms. The van der Waals surface area contributed by atoms with E-state index in [2.05, 4.69) is 18.3 Å². The number of carbonyl (C=O) groups excluding carboxylic acids is 2. The molecule has 2 aliphatic rings. The SMILES string of the molecule is CC1CCc2ccccc2N1C(=O)c1ccc(NC(=O)C2CC2)cc1. The van der Waals surface area contributed by atoms with E-state index in [-0.39, 0.29) is 23.8 Å². The molecule has 128 valence electrons. The number of nitrogens with zero attached hydrogens (tertiary/aromatic N) is 1. The van der Waals surface area contributed by atoms with Crippen LogP contribution in [0.15, 0.2) is 48.5 Å². The Labute approximate surface area is 147 Å². The van der Waals surface area contributed by atoms with E-state index in [9.17, 15) is 9.59 Å². The molecule has 1 N–H and O–H groups in total. The Balaban J connectivity index is 1.55. The van der Waals surface area contributed by atoms with Crippen molar-refractivity contribution in [3.63, 3.8) is 0 Å². The second kappa shape index (κ2) is 6.36. The summed E-state index contributed by atoms with van der Waals surface area (Å²) in [5, 5.41) is 2.91. The summed E-state index contributed by atoms with van der Waals surface area (Å²) in [5.74, 6) is 0.268. The Morgan fingerprint density at radius 1 is 1.00 bits per heavy atom. The molecule has 1 saturated carbocycles. The highest BCUT2D eigenvalue weighted by atomic mass is 16.2. The molecule has 25 heavy (non-hydrogen) atoms. The van der Waals surface area contributed by atoms with Crippen LogP contribution >= 0.6 is 0 Å². The molecule has 2 amide bonds. The van der Waals surface area contributed by atoms with Crippen LogP contribution in [0, 0.1) is 5.92 Å². The highest BCUT2D eigenvalue weighted by Gasteiger charge is 2.30. The van der Waals surface area contributed by atoms with Gasteiger partial charge in [-0.2, -0.15) is 0 Å².